The standard InChI is InChI=1S/C31H35N3O5/c1-20(2)19-39-25-12-7-22(18-21(25)3)29(35)27-28(26-6-5-17-38-26)34(31(37)30(27)36)24-10-8-23(9-11-24)33-15-13-32(4)14-16-33/h5-12,17-18,20,28,35H,13-16,19H2,1-4H3/b29-27-. The third kappa shape index (κ3) is 5.29. The summed E-state index contributed by atoms with van der Waals surface area (Å²) in [6, 6.07) is 15.4. The quantitative estimate of drug-likeness (QED) is 0.262. The van der Waals surface area contributed by atoms with E-state index in [0.29, 0.717) is 35.3 Å². The number of aliphatic hydroxyl groups excluding tert-OH is 1. The summed E-state index contributed by atoms with van der Waals surface area (Å²) >= 11 is 0. The van der Waals surface area contributed by atoms with Crippen LogP contribution in [0.3, 0.4) is 0 Å². The minimum Gasteiger partial charge on any atom is -0.507 e. The van der Waals surface area contributed by atoms with E-state index in [0.717, 1.165) is 37.4 Å². The van der Waals surface area contributed by atoms with Crippen molar-refractivity contribution in [3.8, 4) is 5.75 Å². The molecule has 3 aromatic rings. The lowest BCUT2D eigenvalue weighted by molar-refractivity contribution is -0.132. The Labute approximate surface area is 229 Å². The van der Waals surface area contributed by atoms with Crippen LogP contribution in [0.1, 0.15) is 36.8 Å². The van der Waals surface area contributed by atoms with Gasteiger partial charge >= 0.3 is 0 Å². The topological polar surface area (TPSA) is 86.5 Å². The molecule has 2 aromatic carbocycles. The number of ketones is 1. The minimum absolute atomic E-state index is 0.00616. The highest BCUT2D eigenvalue weighted by atomic mass is 16.5. The van der Waals surface area contributed by atoms with Gasteiger partial charge in [-0.15, -0.1) is 0 Å². The van der Waals surface area contributed by atoms with Crippen molar-refractivity contribution in [3.05, 3.63) is 83.3 Å². The van der Waals surface area contributed by atoms with E-state index in [-0.39, 0.29) is 11.3 Å². The van der Waals surface area contributed by atoms with Gasteiger partial charge in [0.05, 0.1) is 18.4 Å². The van der Waals surface area contributed by atoms with E-state index < -0.39 is 17.7 Å². The molecule has 1 unspecified atom stereocenters. The van der Waals surface area contributed by atoms with Crippen LogP contribution in [0.4, 0.5) is 11.4 Å². The number of nitrogens with zero attached hydrogens (tertiary/aromatic N) is 3. The third-order valence-electron chi connectivity index (χ3n) is 7.27. The summed E-state index contributed by atoms with van der Waals surface area (Å²) in [6.07, 6.45) is 1.50. The molecule has 0 radical (unpaired) electrons. The lowest BCUT2D eigenvalue weighted by atomic mass is 9.98. The summed E-state index contributed by atoms with van der Waals surface area (Å²) in [4.78, 5) is 32.8. The normalized spacial score (nSPS) is 19.8. The van der Waals surface area contributed by atoms with Gasteiger partial charge in [-0.25, -0.2) is 0 Å². The van der Waals surface area contributed by atoms with E-state index in [9.17, 15) is 14.7 Å². The van der Waals surface area contributed by atoms with E-state index in [4.69, 9.17) is 9.15 Å². The van der Waals surface area contributed by atoms with Crippen LogP contribution in [0.5, 0.6) is 5.75 Å². The minimum atomic E-state index is -0.897. The number of likely N-dealkylation sites (N-methyl/N-ethyl adjacent to an activating group) is 1. The fraction of sp³-hybridized carbons (Fsp3) is 0.355. The monoisotopic (exact) mass is 529 g/mol. The molecule has 1 N–H and O–H groups in total. The van der Waals surface area contributed by atoms with Gasteiger partial charge < -0.3 is 24.1 Å². The summed E-state index contributed by atoms with van der Waals surface area (Å²) in [5.74, 6) is -0.229. The number of benzene rings is 2. The van der Waals surface area contributed by atoms with Gasteiger partial charge in [0.1, 0.15) is 23.3 Å². The smallest absolute Gasteiger partial charge is 0.300 e. The van der Waals surface area contributed by atoms with Gasteiger partial charge in [0.15, 0.2) is 0 Å². The van der Waals surface area contributed by atoms with E-state index in [1.54, 1.807) is 30.3 Å². The Morgan fingerprint density at radius 3 is 2.33 bits per heavy atom. The number of aliphatic hydroxyl groups is 1. The van der Waals surface area contributed by atoms with Crippen LogP contribution in [0.15, 0.2) is 70.9 Å². The summed E-state index contributed by atoms with van der Waals surface area (Å²) < 4.78 is 11.5. The number of carbonyl (C=O) groups is 2. The number of rotatable bonds is 7. The van der Waals surface area contributed by atoms with Crippen LogP contribution in [0, 0.1) is 12.8 Å². The van der Waals surface area contributed by atoms with Crippen LogP contribution in [-0.4, -0.2) is 61.5 Å². The average molecular weight is 530 g/mol. The molecule has 2 aliphatic heterocycles. The summed E-state index contributed by atoms with van der Waals surface area (Å²) in [6.45, 7) is 10.4. The lowest BCUT2D eigenvalue weighted by Crippen LogP contribution is -2.44. The molecule has 8 heteroatoms. The molecule has 2 fully saturated rings. The fourth-order valence-corrected chi connectivity index (χ4v) is 5.07. The van der Waals surface area contributed by atoms with Gasteiger partial charge in [0.2, 0.25) is 0 Å². The van der Waals surface area contributed by atoms with Crippen molar-refractivity contribution >= 4 is 28.8 Å². The van der Waals surface area contributed by atoms with Gasteiger partial charge in [0.25, 0.3) is 11.7 Å². The maximum atomic E-state index is 13.4. The Balaban J connectivity index is 1.50. The Hall–Kier alpha value is -4.04. The second kappa shape index (κ2) is 11.0. The first kappa shape index (κ1) is 26.6. The molecule has 8 nitrogen and oxygen atoms in total. The molecule has 1 aromatic heterocycles. The number of ether oxygens (including phenoxy) is 1. The molecule has 2 saturated heterocycles. The SMILES string of the molecule is Cc1cc(/C(O)=C2/C(=O)C(=O)N(c3ccc(N4CCN(C)CC4)cc3)C2c2ccco2)ccc1OCC(C)C. The highest BCUT2D eigenvalue weighted by Gasteiger charge is 2.48. The predicted molar refractivity (Wildman–Crippen MR) is 151 cm³/mol. The van der Waals surface area contributed by atoms with Gasteiger partial charge in [-0.1, -0.05) is 13.8 Å². The number of furan rings is 1. The Kier molecular flexibility index (Phi) is 7.48. The third-order valence-corrected chi connectivity index (χ3v) is 7.27. The zero-order valence-corrected chi connectivity index (χ0v) is 22.9. The molecule has 3 heterocycles. The molecule has 5 rings (SSSR count). The number of hydrogen-bond donors (Lipinski definition) is 1. The predicted octanol–water partition coefficient (Wildman–Crippen LogP) is 5.00. The van der Waals surface area contributed by atoms with Crippen LogP contribution < -0.4 is 14.5 Å². The van der Waals surface area contributed by atoms with Gasteiger partial charge in [-0.05, 0) is 80.1 Å². The first-order valence-corrected chi connectivity index (χ1v) is 13.4. The highest BCUT2D eigenvalue weighted by Crippen LogP contribution is 2.43. The number of piperazine rings is 1. The van der Waals surface area contributed by atoms with Crippen LogP contribution >= 0.6 is 0 Å². The molecule has 2 aliphatic rings. The maximum absolute atomic E-state index is 13.4. The summed E-state index contributed by atoms with van der Waals surface area (Å²) in [7, 11) is 2.11. The van der Waals surface area contributed by atoms with Gasteiger partial charge in [0, 0.05) is 43.1 Å². The van der Waals surface area contributed by atoms with Crippen LogP contribution in [0.2, 0.25) is 0 Å². The van der Waals surface area contributed by atoms with Crippen molar-refractivity contribution in [2.24, 2.45) is 5.92 Å². The zero-order valence-electron chi connectivity index (χ0n) is 22.9. The maximum Gasteiger partial charge on any atom is 0.300 e. The highest BCUT2D eigenvalue weighted by molar-refractivity contribution is 6.51. The summed E-state index contributed by atoms with van der Waals surface area (Å²) in [5.41, 5.74) is 2.87. The second-order valence-electron chi connectivity index (χ2n) is 10.7. The molecule has 1 atom stereocenters. The molecule has 39 heavy (non-hydrogen) atoms. The fourth-order valence-electron chi connectivity index (χ4n) is 5.07. The zero-order chi connectivity index (χ0) is 27.7. The van der Waals surface area contributed by atoms with Gasteiger partial charge in [-0.2, -0.15) is 0 Å². The number of hydrogen-bond acceptors (Lipinski definition) is 7. The number of anilines is 2. The van der Waals surface area contributed by atoms with Crippen molar-refractivity contribution in [3.63, 3.8) is 0 Å². The average Bonchev–Trinajstić information content (AvgIpc) is 3.55. The van der Waals surface area contributed by atoms with Crippen LogP contribution in [-0.2, 0) is 9.59 Å². The van der Waals surface area contributed by atoms with Crippen molar-refractivity contribution in [2.45, 2.75) is 26.8 Å². The lowest BCUT2D eigenvalue weighted by Gasteiger charge is -2.34. The number of Topliss-reactive ketones (excluding diaryl/α,β-unsaturated/α-hetero) is 1. The molecule has 0 saturated carbocycles. The molecule has 204 valence electrons. The molecule has 0 bridgehead atoms. The van der Waals surface area contributed by atoms with E-state index in [1.807, 2.05) is 31.2 Å². The molecule has 0 aliphatic carbocycles. The van der Waals surface area contributed by atoms with Crippen molar-refractivity contribution in [1.29, 1.82) is 0 Å². The van der Waals surface area contributed by atoms with Crippen molar-refractivity contribution < 1.29 is 23.8 Å². The van der Waals surface area contributed by atoms with E-state index >= 15 is 0 Å². The number of carbonyl (C=O) groups excluding carboxylic acids is 2. The molecule has 1 amide bonds. The Bertz CT molecular complexity index is 1370. The molecular formula is C31H35N3O5. The Morgan fingerprint density at radius 2 is 1.72 bits per heavy atom. The first-order valence-electron chi connectivity index (χ1n) is 13.4. The van der Waals surface area contributed by atoms with Crippen molar-refractivity contribution in [2.75, 3.05) is 49.6 Å². The van der Waals surface area contributed by atoms with Crippen molar-refractivity contribution in [1.82, 2.24) is 4.90 Å². The van der Waals surface area contributed by atoms with Gasteiger partial charge in [-0.3, -0.25) is 14.5 Å². The Morgan fingerprint density at radius 1 is 1.03 bits per heavy atom. The summed E-state index contributed by atoms with van der Waals surface area (Å²) in [5, 5.41) is 11.4. The van der Waals surface area contributed by atoms with Crippen LogP contribution in [0.25, 0.3) is 5.76 Å². The molecule has 0 spiro atoms. The van der Waals surface area contributed by atoms with E-state index in [2.05, 4.69) is 30.7 Å². The largest absolute Gasteiger partial charge is 0.507 e. The second-order valence-corrected chi connectivity index (χ2v) is 10.7. The number of amides is 1. The number of aryl methyl sites for hydroxylation is 1. The first-order chi connectivity index (χ1) is 18.7. The van der Waals surface area contributed by atoms with E-state index in [1.165, 1.54) is 11.2 Å². The molecular weight excluding hydrogens is 494 g/mol.